The zero-order valence-electron chi connectivity index (χ0n) is 19.9. The molecular formula is C29H27BN2O2. The Balaban J connectivity index is 1.44. The van der Waals surface area contributed by atoms with Gasteiger partial charge in [0.25, 0.3) is 0 Å². The van der Waals surface area contributed by atoms with E-state index in [0.717, 1.165) is 33.6 Å². The molecule has 0 N–H and O–H groups in total. The van der Waals surface area contributed by atoms with Crippen LogP contribution in [-0.4, -0.2) is 27.9 Å². The Kier molecular flexibility index (Phi) is 4.70. The Labute approximate surface area is 200 Å². The van der Waals surface area contributed by atoms with E-state index in [9.17, 15) is 0 Å². The van der Waals surface area contributed by atoms with Gasteiger partial charge in [0.2, 0.25) is 0 Å². The van der Waals surface area contributed by atoms with Crippen LogP contribution in [0.25, 0.3) is 38.9 Å². The van der Waals surface area contributed by atoms with Crippen molar-refractivity contribution in [1.29, 1.82) is 0 Å². The van der Waals surface area contributed by atoms with E-state index < -0.39 is 0 Å². The molecule has 1 saturated heterocycles. The molecule has 34 heavy (non-hydrogen) atoms. The summed E-state index contributed by atoms with van der Waals surface area (Å²) in [6.07, 6.45) is 0. The van der Waals surface area contributed by atoms with Gasteiger partial charge in [0.1, 0.15) is 5.82 Å². The summed E-state index contributed by atoms with van der Waals surface area (Å²) in [4.78, 5) is 5.01. The smallest absolute Gasteiger partial charge is 0.399 e. The number of hydrogen-bond acceptors (Lipinski definition) is 3. The predicted molar refractivity (Wildman–Crippen MR) is 140 cm³/mol. The van der Waals surface area contributed by atoms with E-state index in [0.29, 0.717) is 0 Å². The summed E-state index contributed by atoms with van der Waals surface area (Å²) in [7, 11) is -0.377. The fourth-order valence-corrected chi connectivity index (χ4v) is 4.57. The van der Waals surface area contributed by atoms with Crippen molar-refractivity contribution in [2.75, 3.05) is 0 Å². The van der Waals surface area contributed by atoms with Gasteiger partial charge in [-0.3, -0.25) is 4.57 Å². The molecule has 0 aliphatic carbocycles. The quantitative estimate of drug-likeness (QED) is 0.312. The van der Waals surface area contributed by atoms with Crippen LogP contribution in [0.15, 0.2) is 91.0 Å². The molecule has 4 aromatic carbocycles. The lowest BCUT2D eigenvalue weighted by Crippen LogP contribution is -2.41. The van der Waals surface area contributed by atoms with Crippen LogP contribution in [0.3, 0.4) is 0 Å². The molecule has 5 heteroatoms. The summed E-state index contributed by atoms with van der Waals surface area (Å²) in [5.74, 6) is 0.914. The first kappa shape index (κ1) is 21.1. The van der Waals surface area contributed by atoms with Gasteiger partial charge in [-0.2, -0.15) is 0 Å². The molecule has 0 spiro atoms. The van der Waals surface area contributed by atoms with Crippen molar-refractivity contribution in [2.24, 2.45) is 0 Å². The van der Waals surface area contributed by atoms with Crippen LogP contribution in [0.1, 0.15) is 27.7 Å². The second kappa shape index (κ2) is 7.56. The number of hydrogen-bond donors (Lipinski definition) is 0. The van der Waals surface area contributed by atoms with Crippen molar-refractivity contribution in [3.8, 4) is 17.1 Å². The van der Waals surface area contributed by atoms with Crippen molar-refractivity contribution in [3.05, 3.63) is 91.0 Å². The third kappa shape index (κ3) is 3.35. The molecule has 2 heterocycles. The number of imidazole rings is 1. The molecule has 0 bridgehead atoms. The number of fused-ring (bicyclic) bond motifs is 2. The van der Waals surface area contributed by atoms with Crippen LogP contribution >= 0.6 is 0 Å². The average Bonchev–Trinajstić information content (AvgIpc) is 3.32. The van der Waals surface area contributed by atoms with Crippen LogP contribution in [-0.2, 0) is 9.31 Å². The normalized spacial score (nSPS) is 17.0. The molecular weight excluding hydrogens is 419 g/mol. The lowest BCUT2D eigenvalue weighted by Gasteiger charge is -2.32. The van der Waals surface area contributed by atoms with Gasteiger partial charge >= 0.3 is 7.12 Å². The monoisotopic (exact) mass is 446 g/mol. The molecule has 5 aromatic rings. The second-order valence-electron chi connectivity index (χ2n) is 10.0. The molecule has 4 nitrogen and oxygen atoms in total. The lowest BCUT2D eigenvalue weighted by atomic mass is 9.79. The highest BCUT2D eigenvalue weighted by Gasteiger charge is 2.51. The van der Waals surface area contributed by atoms with E-state index in [1.165, 1.54) is 10.8 Å². The van der Waals surface area contributed by atoms with Crippen molar-refractivity contribution < 1.29 is 9.31 Å². The minimum absolute atomic E-state index is 0.361. The molecule has 0 radical (unpaired) electrons. The van der Waals surface area contributed by atoms with Gasteiger partial charge in [-0.15, -0.1) is 0 Å². The van der Waals surface area contributed by atoms with Gasteiger partial charge < -0.3 is 9.31 Å². The molecule has 0 unspecified atom stereocenters. The van der Waals surface area contributed by atoms with Crippen molar-refractivity contribution in [1.82, 2.24) is 9.55 Å². The van der Waals surface area contributed by atoms with Gasteiger partial charge in [0.05, 0.1) is 22.2 Å². The lowest BCUT2D eigenvalue weighted by molar-refractivity contribution is 0.00578. The van der Waals surface area contributed by atoms with Crippen LogP contribution < -0.4 is 5.46 Å². The van der Waals surface area contributed by atoms with E-state index >= 15 is 0 Å². The van der Waals surface area contributed by atoms with Crippen LogP contribution in [0.5, 0.6) is 0 Å². The second-order valence-corrected chi connectivity index (χ2v) is 10.0. The first-order valence-electron chi connectivity index (χ1n) is 11.8. The number of rotatable bonds is 3. The van der Waals surface area contributed by atoms with E-state index in [-0.39, 0.29) is 18.3 Å². The Morgan fingerprint density at radius 3 is 2.09 bits per heavy atom. The summed E-state index contributed by atoms with van der Waals surface area (Å²) in [6, 6.07) is 31.7. The third-order valence-electron chi connectivity index (χ3n) is 7.25. The van der Waals surface area contributed by atoms with E-state index in [1.807, 2.05) is 6.07 Å². The highest BCUT2D eigenvalue weighted by Crippen LogP contribution is 2.37. The molecule has 0 amide bonds. The predicted octanol–water partition coefficient (Wildman–Crippen LogP) is 6.14. The average molecular weight is 446 g/mol. The molecule has 0 atom stereocenters. The molecule has 1 fully saturated rings. The number of nitrogens with zero attached hydrogens (tertiary/aromatic N) is 2. The van der Waals surface area contributed by atoms with Gasteiger partial charge in [-0.05, 0) is 68.2 Å². The largest absolute Gasteiger partial charge is 0.494 e. The summed E-state index contributed by atoms with van der Waals surface area (Å²) < 4.78 is 14.7. The minimum Gasteiger partial charge on any atom is -0.399 e. The number of aromatic nitrogens is 2. The van der Waals surface area contributed by atoms with Crippen LogP contribution in [0.4, 0.5) is 0 Å². The Morgan fingerprint density at radius 2 is 1.35 bits per heavy atom. The Bertz CT molecular complexity index is 1500. The van der Waals surface area contributed by atoms with Crippen LogP contribution in [0, 0.1) is 0 Å². The highest BCUT2D eigenvalue weighted by atomic mass is 16.7. The maximum atomic E-state index is 6.23. The first-order valence-corrected chi connectivity index (χ1v) is 11.8. The number of benzene rings is 4. The highest BCUT2D eigenvalue weighted by molar-refractivity contribution is 6.62. The summed E-state index contributed by atoms with van der Waals surface area (Å²) in [5.41, 5.74) is 4.49. The summed E-state index contributed by atoms with van der Waals surface area (Å²) in [6.45, 7) is 8.31. The topological polar surface area (TPSA) is 36.3 Å². The zero-order valence-corrected chi connectivity index (χ0v) is 19.9. The summed E-state index contributed by atoms with van der Waals surface area (Å²) >= 11 is 0. The van der Waals surface area contributed by atoms with Crippen molar-refractivity contribution in [2.45, 2.75) is 38.9 Å². The zero-order chi connectivity index (χ0) is 23.5. The maximum absolute atomic E-state index is 6.23. The minimum atomic E-state index is -0.377. The van der Waals surface area contributed by atoms with Gasteiger partial charge in [0.15, 0.2) is 0 Å². The van der Waals surface area contributed by atoms with Crippen molar-refractivity contribution in [3.63, 3.8) is 0 Å². The molecule has 6 rings (SSSR count). The van der Waals surface area contributed by atoms with Crippen molar-refractivity contribution >= 4 is 34.4 Å². The van der Waals surface area contributed by atoms with E-state index in [1.54, 1.807) is 0 Å². The van der Waals surface area contributed by atoms with Crippen LogP contribution in [0.2, 0.25) is 0 Å². The molecule has 1 aromatic heterocycles. The van der Waals surface area contributed by atoms with E-state index in [2.05, 4.69) is 117 Å². The fourth-order valence-electron chi connectivity index (χ4n) is 4.57. The van der Waals surface area contributed by atoms with Gasteiger partial charge in [0, 0.05) is 11.3 Å². The Morgan fingerprint density at radius 1 is 0.706 bits per heavy atom. The molecule has 1 aliphatic heterocycles. The molecule has 168 valence electrons. The SMILES string of the molecule is CC1(C)OB(c2ccc(-c3nc4ccccc4n3-c3ccc4ccccc4c3)cc2)OC1(C)C. The Hall–Kier alpha value is -3.41. The van der Waals surface area contributed by atoms with E-state index in [4.69, 9.17) is 14.3 Å². The van der Waals surface area contributed by atoms with Gasteiger partial charge in [-0.1, -0.05) is 66.7 Å². The maximum Gasteiger partial charge on any atom is 0.494 e. The standard InChI is InChI=1S/C29H27BN2O2/c1-28(2)29(3,4)34-30(33-28)23-16-13-21(14-17-23)27-31-25-11-7-8-12-26(25)32(27)24-18-15-20-9-5-6-10-22(20)19-24/h5-19H,1-4H3. The fraction of sp³-hybridized carbons (Fsp3) is 0.207. The molecule has 1 aliphatic rings. The summed E-state index contributed by atoms with van der Waals surface area (Å²) in [5, 5.41) is 2.43. The van der Waals surface area contributed by atoms with Gasteiger partial charge in [-0.25, -0.2) is 4.98 Å². The first-order chi connectivity index (χ1) is 16.3. The molecule has 0 saturated carbocycles. The third-order valence-corrected chi connectivity index (χ3v) is 7.25. The number of para-hydroxylation sites is 2.